The number of imidazole rings is 1. The van der Waals surface area contributed by atoms with Crippen LogP contribution in [-0.2, 0) is 17.9 Å². The highest BCUT2D eigenvalue weighted by Crippen LogP contribution is 2.26. The van der Waals surface area contributed by atoms with E-state index in [1.807, 2.05) is 49.4 Å². The first-order chi connectivity index (χ1) is 12.5. The first-order valence-electron chi connectivity index (χ1n) is 8.74. The highest BCUT2D eigenvalue weighted by Gasteiger charge is 2.13. The zero-order chi connectivity index (χ0) is 18.7. The van der Waals surface area contributed by atoms with E-state index in [2.05, 4.69) is 21.8 Å². The fraction of sp³-hybridized carbons (Fsp3) is 0.300. The maximum atomic E-state index is 11.2. The van der Waals surface area contributed by atoms with Gasteiger partial charge >= 0.3 is 0 Å². The minimum Gasteiger partial charge on any atom is -0.457 e. The van der Waals surface area contributed by atoms with Crippen LogP contribution in [0, 0.1) is 6.92 Å². The summed E-state index contributed by atoms with van der Waals surface area (Å²) in [5, 5.41) is 3.10. The number of nitrogens with zero attached hydrogens (tertiary/aromatic N) is 2. The molecule has 0 radical (unpaired) electrons. The molecule has 0 spiro atoms. The Labute approximate surface area is 153 Å². The Morgan fingerprint density at radius 2 is 1.92 bits per heavy atom. The standard InChI is InChI=1S/C20H24N4O2/c1-4-24-18-11-16(26-15-7-5-13(2)6-8-15)9-10-17(18)23-19(24)12-22-14(3)20(21)25/h5-11,14,22H,4,12H2,1-3H3,(H2,21,25). The third-order valence-corrected chi connectivity index (χ3v) is 4.36. The molecule has 0 fully saturated rings. The van der Waals surface area contributed by atoms with Gasteiger partial charge in [-0.05, 0) is 45.0 Å². The maximum absolute atomic E-state index is 11.2. The molecule has 6 nitrogen and oxygen atoms in total. The van der Waals surface area contributed by atoms with Crippen molar-refractivity contribution in [2.45, 2.75) is 39.9 Å². The van der Waals surface area contributed by atoms with Crippen molar-refractivity contribution in [3.05, 3.63) is 53.9 Å². The third-order valence-electron chi connectivity index (χ3n) is 4.36. The molecule has 3 N–H and O–H groups in total. The molecule has 0 aliphatic heterocycles. The molecule has 1 aromatic heterocycles. The number of hydrogen-bond acceptors (Lipinski definition) is 4. The molecule has 136 valence electrons. The van der Waals surface area contributed by atoms with Crippen LogP contribution in [-0.4, -0.2) is 21.5 Å². The van der Waals surface area contributed by atoms with Crippen molar-refractivity contribution in [3.63, 3.8) is 0 Å². The lowest BCUT2D eigenvalue weighted by molar-refractivity contribution is -0.119. The second kappa shape index (κ2) is 7.58. The lowest BCUT2D eigenvalue weighted by Crippen LogP contribution is -2.38. The van der Waals surface area contributed by atoms with Gasteiger partial charge in [-0.15, -0.1) is 0 Å². The van der Waals surface area contributed by atoms with E-state index in [1.54, 1.807) is 6.92 Å². The normalized spacial score (nSPS) is 12.3. The van der Waals surface area contributed by atoms with Gasteiger partial charge in [0.25, 0.3) is 0 Å². The Bertz CT molecular complexity index is 915. The van der Waals surface area contributed by atoms with Crippen molar-refractivity contribution in [3.8, 4) is 11.5 Å². The minimum absolute atomic E-state index is 0.377. The van der Waals surface area contributed by atoms with Crippen LogP contribution in [0.25, 0.3) is 11.0 Å². The summed E-state index contributed by atoms with van der Waals surface area (Å²) >= 11 is 0. The number of benzene rings is 2. The van der Waals surface area contributed by atoms with Crippen molar-refractivity contribution >= 4 is 16.9 Å². The van der Waals surface area contributed by atoms with Gasteiger partial charge in [0.1, 0.15) is 17.3 Å². The lowest BCUT2D eigenvalue weighted by Gasteiger charge is -2.11. The summed E-state index contributed by atoms with van der Waals surface area (Å²) in [5.74, 6) is 2.05. The number of nitrogens with two attached hydrogens (primary N) is 1. The summed E-state index contributed by atoms with van der Waals surface area (Å²) in [6.07, 6.45) is 0. The molecule has 1 atom stereocenters. The van der Waals surface area contributed by atoms with E-state index in [1.165, 1.54) is 5.56 Å². The van der Waals surface area contributed by atoms with E-state index in [9.17, 15) is 4.79 Å². The molecular formula is C20H24N4O2. The molecule has 3 rings (SSSR count). The molecule has 1 amide bonds. The highest BCUT2D eigenvalue weighted by molar-refractivity contribution is 5.79. The SMILES string of the molecule is CCn1c(CNC(C)C(N)=O)nc2ccc(Oc3ccc(C)cc3)cc21. The number of fused-ring (bicyclic) bond motifs is 1. The molecule has 0 bridgehead atoms. The summed E-state index contributed by atoms with van der Waals surface area (Å²) < 4.78 is 8.07. The van der Waals surface area contributed by atoms with Crippen molar-refractivity contribution < 1.29 is 9.53 Å². The van der Waals surface area contributed by atoms with Gasteiger partial charge in [-0.3, -0.25) is 10.1 Å². The lowest BCUT2D eigenvalue weighted by atomic mass is 10.2. The molecule has 0 saturated carbocycles. The van der Waals surface area contributed by atoms with Gasteiger partial charge in [-0.2, -0.15) is 0 Å². The van der Waals surface area contributed by atoms with Gasteiger partial charge in [0, 0.05) is 12.6 Å². The number of aryl methyl sites for hydroxylation is 2. The Morgan fingerprint density at radius 1 is 1.23 bits per heavy atom. The quantitative estimate of drug-likeness (QED) is 0.684. The summed E-state index contributed by atoms with van der Waals surface area (Å²) in [7, 11) is 0. The number of carbonyl (C=O) groups excluding carboxylic acids is 1. The fourth-order valence-corrected chi connectivity index (χ4v) is 2.79. The summed E-state index contributed by atoms with van der Waals surface area (Å²) in [6, 6.07) is 13.4. The van der Waals surface area contributed by atoms with Gasteiger partial charge in [-0.25, -0.2) is 4.98 Å². The zero-order valence-corrected chi connectivity index (χ0v) is 15.3. The zero-order valence-electron chi connectivity index (χ0n) is 15.3. The van der Waals surface area contributed by atoms with E-state index in [-0.39, 0.29) is 5.91 Å². The minimum atomic E-state index is -0.402. The van der Waals surface area contributed by atoms with Crippen molar-refractivity contribution in [2.75, 3.05) is 0 Å². The molecule has 1 heterocycles. The molecule has 3 aromatic rings. The van der Waals surface area contributed by atoms with Crippen molar-refractivity contribution in [2.24, 2.45) is 5.73 Å². The number of rotatable bonds is 7. The number of hydrogen-bond donors (Lipinski definition) is 2. The van der Waals surface area contributed by atoms with Gasteiger partial charge in [0.15, 0.2) is 0 Å². The Balaban J connectivity index is 1.86. The number of primary amides is 1. The van der Waals surface area contributed by atoms with Crippen LogP contribution in [0.5, 0.6) is 11.5 Å². The van der Waals surface area contributed by atoms with Crippen molar-refractivity contribution in [1.82, 2.24) is 14.9 Å². The van der Waals surface area contributed by atoms with Gasteiger partial charge < -0.3 is 15.0 Å². The number of aromatic nitrogens is 2. The van der Waals surface area contributed by atoms with Gasteiger partial charge in [0.05, 0.1) is 23.6 Å². The highest BCUT2D eigenvalue weighted by atomic mass is 16.5. The smallest absolute Gasteiger partial charge is 0.234 e. The van der Waals surface area contributed by atoms with Crippen LogP contribution in [0.4, 0.5) is 0 Å². The number of amides is 1. The molecule has 0 aliphatic carbocycles. The van der Waals surface area contributed by atoms with Crippen LogP contribution in [0.3, 0.4) is 0 Å². The predicted molar refractivity (Wildman–Crippen MR) is 102 cm³/mol. The summed E-state index contributed by atoms with van der Waals surface area (Å²) in [6.45, 7) is 7.10. The molecule has 0 saturated heterocycles. The van der Waals surface area contributed by atoms with Gasteiger partial charge in [-0.1, -0.05) is 17.7 Å². The van der Waals surface area contributed by atoms with Gasteiger partial charge in [0.2, 0.25) is 5.91 Å². The van der Waals surface area contributed by atoms with E-state index in [4.69, 9.17) is 10.5 Å². The Kier molecular flexibility index (Phi) is 5.23. The number of nitrogens with one attached hydrogen (secondary N) is 1. The van der Waals surface area contributed by atoms with E-state index in [0.717, 1.165) is 34.9 Å². The third kappa shape index (κ3) is 3.86. The maximum Gasteiger partial charge on any atom is 0.234 e. The average molecular weight is 352 g/mol. The van der Waals surface area contributed by atoms with E-state index in [0.29, 0.717) is 6.54 Å². The number of carbonyl (C=O) groups is 1. The summed E-state index contributed by atoms with van der Waals surface area (Å²) in [5.41, 5.74) is 8.39. The van der Waals surface area contributed by atoms with Crippen LogP contribution in [0.15, 0.2) is 42.5 Å². The monoisotopic (exact) mass is 352 g/mol. The molecule has 0 aliphatic rings. The molecule has 1 unspecified atom stereocenters. The van der Waals surface area contributed by atoms with Crippen LogP contribution >= 0.6 is 0 Å². The van der Waals surface area contributed by atoms with Crippen LogP contribution < -0.4 is 15.8 Å². The summed E-state index contributed by atoms with van der Waals surface area (Å²) in [4.78, 5) is 15.9. The second-order valence-electron chi connectivity index (χ2n) is 6.34. The largest absolute Gasteiger partial charge is 0.457 e. The van der Waals surface area contributed by atoms with E-state index < -0.39 is 6.04 Å². The number of ether oxygens (including phenoxy) is 1. The topological polar surface area (TPSA) is 82.2 Å². The molecule has 6 heteroatoms. The van der Waals surface area contributed by atoms with E-state index >= 15 is 0 Å². The molecule has 26 heavy (non-hydrogen) atoms. The fourth-order valence-electron chi connectivity index (χ4n) is 2.79. The first kappa shape index (κ1) is 17.9. The average Bonchev–Trinajstić information content (AvgIpc) is 2.98. The molecular weight excluding hydrogens is 328 g/mol. The van der Waals surface area contributed by atoms with Crippen LogP contribution in [0.2, 0.25) is 0 Å². The van der Waals surface area contributed by atoms with Crippen LogP contribution in [0.1, 0.15) is 25.2 Å². The second-order valence-corrected chi connectivity index (χ2v) is 6.34. The Hall–Kier alpha value is -2.86. The van der Waals surface area contributed by atoms with Crippen molar-refractivity contribution in [1.29, 1.82) is 0 Å². The Morgan fingerprint density at radius 3 is 2.58 bits per heavy atom. The predicted octanol–water partition coefficient (Wildman–Crippen LogP) is 3.12. The molecule has 2 aromatic carbocycles. The first-order valence-corrected chi connectivity index (χ1v) is 8.74.